The largest absolute Gasteiger partial charge is 0.354 e. The fourth-order valence-electron chi connectivity index (χ4n) is 3.37. The number of rotatable bonds is 5. The number of likely N-dealkylation sites (N-methyl/N-ethyl adjacent to an activating group) is 1. The van der Waals surface area contributed by atoms with E-state index in [1.165, 1.54) is 51.4 Å². The fourth-order valence-corrected chi connectivity index (χ4v) is 4.20. The van der Waals surface area contributed by atoms with E-state index in [1.54, 1.807) is 19.0 Å². The first kappa shape index (κ1) is 21.9. The van der Waals surface area contributed by atoms with E-state index >= 15 is 0 Å². The third kappa shape index (κ3) is 7.37. The molecule has 7 heteroatoms. The number of halogens is 1. The van der Waals surface area contributed by atoms with Gasteiger partial charge in [0.05, 0.1) is 0 Å². The highest BCUT2D eigenvalue weighted by Gasteiger charge is 2.23. The predicted octanol–water partition coefficient (Wildman–Crippen LogP) is 2.84. The average Bonchev–Trinajstić information content (AvgIpc) is 3.05. The second kappa shape index (κ2) is 11.4. The number of carbonyl (C=O) groups is 1. The Bertz CT molecular complexity index is 413. The summed E-state index contributed by atoms with van der Waals surface area (Å²) in [6.45, 7) is 0.216. The first-order valence-electron chi connectivity index (χ1n) is 8.89. The Hall–Kier alpha value is -0.180. The second-order valence-electron chi connectivity index (χ2n) is 6.94. The van der Waals surface area contributed by atoms with Crippen molar-refractivity contribution in [1.82, 2.24) is 15.5 Å². The van der Waals surface area contributed by atoms with Crippen LogP contribution in [0.4, 0.5) is 0 Å². The van der Waals surface area contributed by atoms with Crippen LogP contribution in [0.5, 0.6) is 0 Å². The number of thioether (sulfide) groups is 1. The van der Waals surface area contributed by atoms with Gasteiger partial charge in [0.25, 0.3) is 0 Å². The molecule has 0 bridgehead atoms. The van der Waals surface area contributed by atoms with Crippen LogP contribution in [0.3, 0.4) is 0 Å². The van der Waals surface area contributed by atoms with E-state index in [0.717, 1.165) is 11.2 Å². The summed E-state index contributed by atoms with van der Waals surface area (Å²) >= 11 is 1.97. The summed E-state index contributed by atoms with van der Waals surface area (Å²) in [5, 5.41) is 7.90. The molecule has 2 aliphatic rings. The van der Waals surface area contributed by atoms with Gasteiger partial charge in [0, 0.05) is 31.4 Å². The number of amides is 1. The van der Waals surface area contributed by atoms with Crippen molar-refractivity contribution in [1.29, 1.82) is 0 Å². The number of hydrogen-bond donors (Lipinski definition) is 2. The molecule has 0 aromatic carbocycles. The Balaban J connectivity index is 0.00000288. The summed E-state index contributed by atoms with van der Waals surface area (Å²) in [7, 11) is 3.55. The number of nitrogens with one attached hydrogen (secondary N) is 2. The molecule has 2 saturated carbocycles. The van der Waals surface area contributed by atoms with Gasteiger partial charge in [-0.2, -0.15) is 11.8 Å². The van der Waals surface area contributed by atoms with Crippen molar-refractivity contribution in [3.63, 3.8) is 0 Å². The Morgan fingerprint density at radius 3 is 2.33 bits per heavy atom. The minimum atomic E-state index is 0. The molecule has 0 spiro atoms. The maximum absolute atomic E-state index is 11.8. The van der Waals surface area contributed by atoms with Crippen LogP contribution in [0.25, 0.3) is 0 Å². The molecule has 2 fully saturated rings. The Kier molecular flexibility index (Phi) is 10.4. The molecule has 2 aliphatic carbocycles. The number of hydrogen-bond acceptors (Lipinski definition) is 3. The zero-order chi connectivity index (χ0) is 16.7. The van der Waals surface area contributed by atoms with Gasteiger partial charge in [-0.25, -0.2) is 4.99 Å². The van der Waals surface area contributed by atoms with Crippen LogP contribution >= 0.6 is 35.7 Å². The van der Waals surface area contributed by atoms with Crippen molar-refractivity contribution in [3.05, 3.63) is 0 Å². The summed E-state index contributed by atoms with van der Waals surface area (Å²) in [6, 6.07) is 0.985. The molecular weight excluding hydrogens is 435 g/mol. The smallest absolute Gasteiger partial charge is 0.243 e. The fraction of sp³-hybridized carbons (Fsp3) is 0.882. The molecule has 0 heterocycles. The lowest BCUT2D eigenvalue weighted by Gasteiger charge is -2.30. The summed E-state index contributed by atoms with van der Waals surface area (Å²) in [5.74, 6) is 0.877. The van der Waals surface area contributed by atoms with Crippen molar-refractivity contribution >= 4 is 47.6 Å². The molecule has 0 saturated heterocycles. The highest BCUT2D eigenvalue weighted by Crippen LogP contribution is 2.27. The summed E-state index contributed by atoms with van der Waals surface area (Å²) < 4.78 is 0. The van der Waals surface area contributed by atoms with E-state index in [9.17, 15) is 4.79 Å². The molecule has 2 atom stereocenters. The average molecular weight is 468 g/mol. The van der Waals surface area contributed by atoms with Crippen molar-refractivity contribution < 1.29 is 4.79 Å². The monoisotopic (exact) mass is 468 g/mol. The molecule has 0 aromatic heterocycles. The van der Waals surface area contributed by atoms with Gasteiger partial charge in [0.1, 0.15) is 6.54 Å². The number of nitrogens with zero attached hydrogens (tertiary/aromatic N) is 2. The van der Waals surface area contributed by atoms with Gasteiger partial charge >= 0.3 is 0 Å². The molecule has 140 valence electrons. The van der Waals surface area contributed by atoms with Crippen molar-refractivity contribution in [3.8, 4) is 0 Å². The summed E-state index contributed by atoms with van der Waals surface area (Å²) in [5.41, 5.74) is 0. The normalized spacial score (nSPS) is 25.0. The van der Waals surface area contributed by atoms with Gasteiger partial charge in [-0.15, -0.1) is 24.0 Å². The van der Waals surface area contributed by atoms with Crippen LogP contribution in [-0.2, 0) is 4.79 Å². The van der Waals surface area contributed by atoms with Crippen LogP contribution < -0.4 is 10.6 Å². The van der Waals surface area contributed by atoms with Gasteiger partial charge in [-0.05, 0) is 38.4 Å². The van der Waals surface area contributed by atoms with Gasteiger partial charge in [-0.1, -0.05) is 19.3 Å². The van der Waals surface area contributed by atoms with E-state index in [4.69, 9.17) is 0 Å². The molecular formula is C17H33IN4OS. The first-order chi connectivity index (χ1) is 11.1. The van der Waals surface area contributed by atoms with E-state index in [2.05, 4.69) is 21.9 Å². The third-order valence-electron chi connectivity index (χ3n) is 4.87. The zero-order valence-electron chi connectivity index (χ0n) is 15.2. The van der Waals surface area contributed by atoms with Gasteiger partial charge in [-0.3, -0.25) is 4.79 Å². The quantitative estimate of drug-likeness (QED) is 0.370. The van der Waals surface area contributed by atoms with Gasteiger partial charge in [0.15, 0.2) is 5.96 Å². The van der Waals surface area contributed by atoms with E-state index in [0.29, 0.717) is 12.1 Å². The van der Waals surface area contributed by atoms with Crippen LogP contribution in [-0.4, -0.2) is 61.0 Å². The molecule has 24 heavy (non-hydrogen) atoms. The Morgan fingerprint density at radius 1 is 1.08 bits per heavy atom. The lowest BCUT2D eigenvalue weighted by Crippen LogP contribution is -2.48. The topological polar surface area (TPSA) is 56.7 Å². The number of carbonyl (C=O) groups excluding carboxylic acids is 1. The molecule has 2 N–H and O–H groups in total. The maximum atomic E-state index is 11.8. The standard InChI is InChI=1S/C17H32N4OS.HI/c1-21(2)16(22)12-18-17(19-13-7-4-5-8-13)20-14-9-6-10-15(11-14)23-3;/h13-15H,4-12H2,1-3H3,(H2,18,19,20);1H. The number of aliphatic imine (C=N–C) groups is 1. The van der Waals surface area contributed by atoms with E-state index < -0.39 is 0 Å². The highest BCUT2D eigenvalue weighted by atomic mass is 127. The molecule has 1 amide bonds. The lowest BCUT2D eigenvalue weighted by molar-refractivity contribution is -0.127. The lowest BCUT2D eigenvalue weighted by atomic mass is 9.95. The van der Waals surface area contributed by atoms with Crippen molar-refractivity contribution in [2.45, 2.75) is 68.7 Å². The van der Waals surface area contributed by atoms with Gasteiger partial charge < -0.3 is 15.5 Å². The molecule has 0 aromatic rings. The molecule has 2 unspecified atom stereocenters. The van der Waals surface area contributed by atoms with Crippen molar-refractivity contribution in [2.75, 3.05) is 26.9 Å². The first-order valence-corrected chi connectivity index (χ1v) is 10.2. The van der Waals surface area contributed by atoms with Crippen LogP contribution in [0.15, 0.2) is 4.99 Å². The second-order valence-corrected chi connectivity index (χ2v) is 8.08. The minimum Gasteiger partial charge on any atom is -0.354 e. The highest BCUT2D eigenvalue weighted by molar-refractivity contribution is 14.0. The molecule has 2 rings (SSSR count). The maximum Gasteiger partial charge on any atom is 0.243 e. The van der Waals surface area contributed by atoms with Crippen LogP contribution in [0.2, 0.25) is 0 Å². The van der Waals surface area contributed by atoms with Crippen LogP contribution in [0, 0.1) is 0 Å². The Morgan fingerprint density at radius 2 is 1.71 bits per heavy atom. The SMILES string of the molecule is CSC1CCCC(NC(=NCC(=O)N(C)C)NC2CCCC2)C1.I. The van der Waals surface area contributed by atoms with Crippen molar-refractivity contribution in [2.24, 2.45) is 4.99 Å². The third-order valence-corrected chi connectivity index (χ3v) is 5.96. The van der Waals surface area contributed by atoms with Gasteiger partial charge in [0.2, 0.25) is 5.91 Å². The predicted molar refractivity (Wildman–Crippen MR) is 114 cm³/mol. The minimum absolute atomic E-state index is 0. The van der Waals surface area contributed by atoms with E-state index in [-0.39, 0.29) is 36.4 Å². The Labute approximate surface area is 168 Å². The zero-order valence-corrected chi connectivity index (χ0v) is 18.4. The van der Waals surface area contributed by atoms with Crippen LogP contribution in [0.1, 0.15) is 51.4 Å². The summed E-state index contributed by atoms with van der Waals surface area (Å²) in [4.78, 5) is 18.0. The molecule has 0 radical (unpaired) electrons. The van der Waals surface area contributed by atoms with E-state index in [1.807, 2.05) is 11.8 Å². The molecule has 5 nitrogen and oxygen atoms in total. The molecule has 0 aliphatic heterocycles. The number of guanidine groups is 1. The summed E-state index contributed by atoms with van der Waals surface area (Å²) in [6.07, 6.45) is 12.2.